The molecule has 1 aliphatic rings. The molecule has 3 rings (SSSR count). The number of carbonyl (C=O) groups excluding carboxylic acids is 3. The molecule has 0 aromatic heterocycles. The number of amides is 3. The largest absolute Gasteiger partial charge is 0.481 e. The van der Waals surface area contributed by atoms with Crippen LogP contribution in [0.1, 0.15) is 51.5 Å². The van der Waals surface area contributed by atoms with Gasteiger partial charge in [-0.25, -0.2) is 4.79 Å². The summed E-state index contributed by atoms with van der Waals surface area (Å²) in [6.07, 6.45) is 2.25. The quantitative estimate of drug-likeness (QED) is 0.361. The SMILES string of the molecule is CCCC(Oc1cccc(C(=N)NC(=O)OCC)c1)C(=O)Nc1ccc(N2CCCCC2=O)cc1. The molecule has 9 nitrogen and oxygen atoms in total. The fraction of sp³-hybridized carbons (Fsp3) is 0.385. The second-order valence-corrected chi connectivity index (χ2v) is 8.18. The molecule has 1 atom stereocenters. The van der Waals surface area contributed by atoms with Crippen LogP contribution < -0.4 is 20.3 Å². The van der Waals surface area contributed by atoms with Crippen molar-refractivity contribution in [3.05, 3.63) is 54.1 Å². The molecule has 9 heteroatoms. The Morgan fingerprint density at radius 2 is 1.89 bits per heavy atom. The van der Waals surface area contributed by atoms with Crippen LogP contribution in [0.25, 0.3) is 0 Å². The molecule has 2 aromatic carbocycles. The van der Waals surface area contributed by atoms with E-state index < -0.39 is 12.2 Å². The maximum Gasteiger partial charge on any atom is 0.412 e. The van der Waals surface area contributed by atoms with E-state index >= 15 is 0 Å². The summed E-state index contributed by atoms with van der Waals surface area (Å²) in [4.78, 5) is 38.5. The Balaban J connectivity index is 1.64. The van der Waals surface area contributed by atoms with Crippen molar-refractivity contribution in [3.63, 3.8) is 0 Å². The van der Waals surface area contributed by atoms with E-state index in [9.17, 15) is 14.4 Å². The molecule has 1 aliphatic heterocycles. The predicted molar refractivity (Wildman–Crippen MR) is 134 cm³/mol. The number of ether oxygens (including phenoxy) is 2. The Morgan fingerprint density at radius 3 is 2.57 bits per heavy atom. The van der Waals surface area contributed by atoms with Crippen molar-refractivity contribution >= 4 is 35.1 Å². The molecule has 0 aliphatic carbocycles. The Hall–Kier alpha value is -3.88. The van der Waals surface area contributed by atoms with Crippen molar-refractivity contribution in [2.24, 2.45) is 0 Å². The maximum absolute atomic E-state index is 13.0. The topological polar surface area (TPSA) is 121 Å². The van der Waals surface area contributed by atoms with Crippen LogP contribution in [0.4, 0.5) is 16.2 Å². The van der Waals surface area contributed by atoms with Crippen LogP contribution in [0.15, 0.2) is 48.5 Å². The van der Waals surface area contributed by atoms with E-state index in [4.69, 9.17) is 14.9 Å². The number of hydrogen-bond acceptors (Lipinski definition) is 6. The summed E-state index contributed by atoms with van der Waals surface area (Å²) in [5.74, 6) is 0.110. The van der Waals surface area contributed by atoms with Crippen LogP contribution in [0.2, 0.25) is 0 Å². The number of anilines is 2. The van der Waals surface area contributed by atoms with Gasteiger partial charge >= 0.3 is 6.09 Å². The fourth-order valence-electron chi connectivity index (χ4n) is 3.76. The first-order valence-corrected chi connectivity index (χ1v) is 11.9. The summed E-state index contributed by atoms with van der Waals surface area (Å²) in [5.41, 5.74) is 1.86. The third-order valence-corrected chi connectivity index (χ3v) is 5.52. The van der Waals surface area contributed by atoms with E-state index in [1.54, 1.807) is 48.2 Å². The van der Waals surface area contributed by atoms with Crippen molar-refractivity contribution in [2.75, 3.05) is 23.4 Å². The highest BCUT2D eigenvalue weighted by atomic mass is 16.5. The van der Waals surface area contributed by atoms with Crippen LogP contribution in [0.5, 0.6) is 5.75 Å². The summed E-state index contributed by atoms with van der Waals surface area (Å²) in [6.45, 7) is 4.56. The molecule has 1 fully saturated rings. The summed E-state index contributed by atoms with van der Waals surface area (Å²) in [5, 5.41) is 13.3. The second-order valence-electron chi connectivity index (χ2n) is 8.18. The molecule has 0 spiro atoms. The Bertz CT molecular complexity index is 1050. The van der Waals surface area contributed by atoms with Crippen LogP contribution >= 0.6 is 0 Å². The van der Waals surface area contributed by atoms with E-state index in [0.717, 1.165) is 24.9 Å². The number of alkyl carbamates (subject to hydrolysis) is 1. The molecule has 0 radical (unpaired) electrons. The molecule has 0 bridgehead atoms. The molecule has 35 heavy (non-hydrogen) atoms. The lowest BCUT2D eigenvalue weighted by atomic mass is 10.1. The van der Waals surface area contributed by atoms with Gasteiger partial charge in [-0.1, -0.05) is 25.5 Å². The van der Waals surface area contributed by atoms with Crippen molar-refractivity contribution in [1.29, 1.82) is 5.41 Å². The number of nitrogens with zero attached hydrogens (tertiary/aromatic N) is 1. The first-order chi connectivity index (χ1) is 16.9. The first kappa shape index (κ1) is 25.7. The number of carbonyl (C=O) groups is 3. The molecular formula is C26H32N4O5. The molecule has 3 N–H and O–H groups in total. The highest BCUT2D eigenvalue weighted by molar-refractivity contribution is 6.04. The minimum absolute atomic E-state index is 0.122. The van der Waals surface area contributed by atoms with Crippen molar-refractivity contribution in [1.82, 2.24) is 5.32 Å². The number of hydrogen-bond donors (Lipinski definition) is 3. The summed E-state index contributed by atoms with van der Waals surface area (Å²) >= 11 is 0. The lowest BCUT2D eigenvalue weighted by Crippen LogP contribution is -2.35. The molecule has 0 saturated carbocycles. The van der Waals surface area contributed by atoms with Gasteiger partial charge in [0.1, 0.15) is 11.6 Å². The highest BCUT2D eigenvalue weighted by Crippen LogP contribution is 2.23. The number of nitrogens with one attached hydrogen (secondary N) is 3. The normalized spacial score (nSPS) is 14.1. The van der Waals surface area contributed by atoms with Crippen molar-refractivity contribution in [3.8, 4) is 5.75 Å². The van der Waals surface area contributed by atoms with E-state index in [0.29, 0.717) is 36.4 Å². The van der Waals surface area contributed by atoms with Gasteiger partial charge in [-0.2, -0.15) is 0 Å². The standard InChI is InChI=1S/C26H32N4O5/c1-3-8-22(35-21-10-7-9-18(17-21)24(27)29-26(33)34-4-2)25(32)28-19-12-14-20(15-13-19)30-16-6-5-11-23(30)31/h7,9-10,12-15,17,22H,3-6,8,11,16H2,1-2H3,(H,28,32)(H2,27,29,33). The van der Waals surface area contributed by atoms with Gasteiger partial charge in [0, 0.05) is 29.9 Å². The van der Waals surface area contributed by atoms with E-state index in [1.165, 1.54) is 0 Å². The highest BCUT2D eigenvalue weighted by Gasteiger charge is 2.22. The maximum atomic E-state index is 13.0. The molecule has 2 aromatic rings. The minimum Gasteiger partial charge on any atom is -0.481 e. The summed E-state index contributed by atoms with van der Waals surface area (Å²) in [7, 11) is 0. The zero-order valence-corrected chi connectivity index (χ0v) is 20.1. The van der Waals surface area contributed by atoms with Gasteiger partial charge in [0.25, 0.3) is 5.91 Å². The summed E-state index contributed by atoms with van der Waals surface area (Å²) in [6, 6.07) is 13.9. The first-order valence-electron chi connectivity index (χ1n) is 11.9. The molecule has 1 saturated heterocycles. The van der Waals surface area contributed by atoms with Gasteiger partial charge in [0.15, 0.2) is 6.10 Å². The molecule has 1 heterocycles. The summed E-state index contributed by atoms with van der Waals surface area (Å²) < 4.78 is 10.8. The molecular weight excluding hydrogens is 448 g/mol. The molecule has 186 valence electrons. The van der Waals surface area contributed by atoms with Gasteiger partial charge < -0.3 is 19.7 Å². The molecule has 1 unspecified atom stereocenters. The third kappa shape index (κ3) is 7.30. The van der Waals surface area contributed by atoms with E-state index in [-0.39, 0.29) is 24.3 Å². The average molecular weight is 481 g/mol. The smallest absolute Gasteiger partial charge is 0.412 e. The van der Waals surface area contributed by atoms with Crippen LogP contribution in [0, 0.1) is 5.41 Å². The lowest BCUT2D eigenvalue weighted by molar-refractivity contribution is -0.123. The number of piperidine rings is 1. The second kappa shape index (κ2) is 12.5. The van der Waals surface area contributed by atoms with Crippen molar-refractivity contribution in [2.45, 2.75) is 52.1 Å². The van der Waals surface area contributed by atoms with Gasteiger partial charge in [-0.15, -0.1) is 0 Å². The van der Waals surface area contributed by atoms with E-state index in [2.05, 4.69) is 10.6 Å². The Kier molecular flexibility index (Phi) is 9.23. The Labute approximate surface area is 205 Å². The van der Waals surface area contributed by atoms with Crippen LogP contribution in [0.3, 0.4) is 0 Å². The van der Waals surface area contributed by atoms with Gasteiger partial charge in [0.05, 0.1) is 6.61 Å². The average Bonchev–Trinajstić information content (AvgIpc) is 2.85. The van der Waals surface area contributed by atoms with Crippen LogP contribution in [-0.2, 0) is 14.3 Å². The minimum atomic E-state index is -0.745. The fourth-order valence-corrected chi connectivity index (χ4v) is 3.76. The van der Waals surface area contributed by atoms with E-state index in [1.807, 2.05) is 19.1 Å². The zero-order valence-electron chi connectivity index (χ0n) is 20.1. The number of benzene rings is 2. The number of amidine groups is 1. The number of rotatable bonds is 9. The monoisotopic (exact) mass is 480 g/mol. The van der Waals surface area contributed by atoms with Crippen molar-refractivity contribution < 1.29 is 23.9 Å². The van der Waals surface area contributed by atoms with Gasteiger partial charge in [-0.05, 0) is 62.6 Å². The zero-order chi connectivity index (χ0) is 25.2. The van der Waals surface area contributed by atoms with Gasteiger partial charge in [0.2, 0.25) is 5.91 Å². The third-order valence-electron chi connectivity index (χ3n) is 5.52. The predicted octanol–water partition coefficient (Wildman–Crippen LogP) is 4.46. The van der Waals surface area contributed by atoms with Gasteiger partial charge in [-0.3, -0.25) is 20.3 Å². The van der Waals surface area contributed by atoms with Crippen LogP contribution in [-0.4, -0.2) is 43.0 Å². The molecule has 3 amide bonds. The Morgan fingerprint density at radius 1 is 1.11 bits per heavy atom. The lowest BCUT2D eigenvalue weighted by Gasteiger charge is -2.27.